The van der Waals surface area contributed by atoms with Crippen LogP contribution >= 0.6 is 0 Å². The van der Waals surface area contributed by atoms with Crippen molar-refractivity contribution in [3.05, 3.63) is 53.3 Å². The van der Waals surface area contributed by atoms with E-state index in [1.54, 1.807) is 6.20 Å². The first kappa shape index (κ1) is 17.4. The van der Waals surface area contributed by atoms with Crippen molar-refractivity contribution in [2.75, 3.05) is 31.2 Å². The predicted octanol–water partition coefficient (Wildman–Crippen LogP) is 1.87. The summed E-state index contributed by atoms with van der Waals surface area (Å²) in [6, 6.07) is 10.1. The second-order valence-corrected chi connectivity index (χ2v) is 6.21. The Balaban J connectivity index is 1.48. The standard InChI is InChI=1S/C19H24N4O2/c1-15-3-2-4-16(13-15)5-6-18(24)21-14-17-7-8-20-19(22-17)23-9-11-25-12-10-23/h2-4,7-8,13H,5-6,9-12,14H2,1H3,(H,21,24). The lowest BCUT2D eigenvalue weighted by Crippen LogP contribution is -2.37. The minimum Gasteiger partial charge on any atom is -0.378 e. The second kappa shape index (κ2) is 8.58. The SMILES string of the molecule is Cc1cccc(CCC(=O)NCc2ccnc(N3CCOCC3)n2)c1. The molecule has 1 N–H and O–H groups in total. The fourth-order valence-corrected chi connectivity index (χ4v) is 2.80. The molecular formula is C19H24N4O2. The molecule has 6 heteroatoms. The van der Waals surface area contributed by atoms with E-state index in [0.717, 1.165) is 25.2 Å². The molecular weight excluding hydrogens is 316 g/mol. The quantitative estimate of drug-likeness (QED) is 0.869. The molecule has 0 saturated carbocycles. The first-order chi connectivity index (χ1) is 12.2. The molecule has 1 fully saturated rings. The highest BCUT2D eigenvalue weighted by molar-refractivity contribution is 5.76. The number of hydrogen-bond acceptors (Lipinski definition) is 5. The van der Waals surface area contributed by atoms with E-state index in [9.17, 15) is 4.79 Å². The van der Waals surface area contributed by atoms with Crippen LogP contribution in [0.1, 0.15) is 23.2 Å². The first-order valence-corrected chi connectivity index (χ1v) is 8.67. The van der Waals surface area contributed by atoms with Crippen LogP contribution in [0.2, 0.25) is 0 Å². The van der Waals surface area contributed by atoms with Crippen molar-refractivity contribution in [2.45, 2.75) is 26.3 Å². The number of rotatable bonds is 6. The third kappa shape index (κ3) is 5.26. The molecule has 6 nitrogen and oxygen atoms in total. The van der Waals surface area contributed by atoms with Gasteiger partial charge < -0.3 is 15.0 Å². The van der Waals surface area contributed by atoms with Gasteiger partial charge in [-0.25, -0.2) is 9.97 Å². The third-order valence-corrected chi connectivity index (χ3v) is 4.18. The van der Waals surface area contributed by atoms with Crippen molar-refractivity contribution < 1.29 is 9.53 Å². The number of amides is 1. The van der Waals surface area contributed by atoms with Gasteiger partial charge >= 0.3 is 0 Å². The number of ether oxygens (including phenoxy) is 1. The van der Waals surface area contributed by atoms with Gasteiger partial charge in [0, 0.05) is 25.7 Å². The summed E-state index contributed by atoms with van der Waals surface area (Å²) in [5, 5.41) is 2.94. The van der Waals surface area contributed by atoms with E-state index >= 15 is 0 Å². The molecule has 0 bridgehead atoms. The van der Waals surface area contributed by atoms with Crippen molar-refractivity contribution >= 4 is 11.9 Å². The highest BCUT2D eigenvalue weighted by Crippen LogP contribution is 2.10. The van der Waals surface area contributed by atoms with Gasteiger partial charge in [0.1, 0.15) is 0 Å². The average Bonchev–Trinajstić information content (AvgIpc) is 2.66. The summed E-state index contributed by atoms with van der Waals surface area (Å²) < 4.78 is 5.35. The number of carbonyl (C=O) groups is 1. The van der Waals surface area contributed by atoms with E-state index in [4.69, 9.17) is 4.74 Å². The Morgan fingerprint density at radius 2 is 2.12 bits per heavy atom. The molecule has 0 radical (unpaired) electrons. The lowest BCUT2D eigenvalue weighted by Gasteiger charge is -2.26. The van der Waals surface area contributed by atoms with Crippen LogP contribution < -0.4 is 10.2 Å². The van der Waals surface area contributed by atoms with E-state index in [-0.39, 0.29) is 5.91 Å². The fourth-order valence-electron chi connectivity index (χ4n) is 2.80. The summed E-state index contributed by atoms with van der Waals surface area (Å²) in [5.74, 6) is 0.739. The number of carbonyl (C=O) groups excluding carboxylic acids is 1. The molecule has 2 aromatic rings. The predicted molar refractivity (Wildman–Crippen MR) is 96.4 cm³/mol. The lowest BCUT2D eigenvalue weighted by molar-refractivity contribution is -0.121. The van der Waals surface area contributed by atoms with Gasteiger partial charge in [-0.1, -0.05) is 29.8 Å². The monoisotopic (exact) mass is 340 g/mol. The molecule has 3 rings (SSSR count). The summed E-state index contributed by atoms with van der Waals surface area (Å²) in [7, 11) is 0. The van der Waals surface area contributed by atoms with Gasteiger partial charge in [-0.15, -0.1) is 0 Å². The second-order valence-electron chi connectivity index (χ2n) is 6.21. The van der Waals surface area contributed by atoms with Crippen LogP contribution in [-0.4, -0.2) is 42.2 Å². The summed E-state index contributed by atoms with van der Waals surface area (Å²) in [4.78, 5) is 23.0. The van der Waals surface area contributed by atoms with Crippen LogP contribution in [0.3, 0.4) is 0 Å². The molecule has 0 spiro atoms. The molecule has 25 heavy (non-hydrogen) atoms. The maximum atomic E-state index is 12.1. The van der Waals surface area contributed by atoms with E-state index in [1.165, 1.54) is 11.1 Å². The molecule has 0 aliphatic carbocycles. The van der Waals surface area contributed by atoms with Gasteiger partial charge in [0.15, 0.2) is 0 Å². The number of benzene rings is 1. The fraction of sp³-hybridized carbons (Fsp3) is 0.421. The van der Waals surface area contributed by atoms with E-state index in [2.05, 4.69) is 45.3 Å². The zero-order valence-electron chi connectivity index (χ0n) is 14.6. The lowest BCUT2D eigenvalue weighted by atomic mass is 10.1. The summed E-state index contributed by atoms with van der Waals surface area (Å²) in [6.45, 7) is 5.47. The number of anilines is 1. The van der Waals surface area contributed by atoms with Gasteiger partial charge in [0.05, 0.1) is 25.5 Å². The third-order valence-electron chi connectivity index (χ3n) is 4.18. The zero-order valence-corrected chi connectivity index (χ0v) is 14.6. The highest BCUT2D eigenvalue weighted by Gasteiger charge is 2.14. The van der Waals surface area contributed by atoms with Crippen molar-refractivity contribution in [1.29, 1.82) is 0 Å². The molecule has 1 aromatic carbocycles. The van der Waals surface area contributed by atoms with Crippen LogP contribution in [0.15, 0.2) is 36.5 Å². The Hall–Kier alpha value is -2.47. The molecule has 1 aliphatic heterocycles. The number of aryl methyl sites for hydroxylation is 2. The minimum atomic E-state index is 0.0352. The topological polar surface area (TPSA) is 67.4 Å². The maximum Gasteiger partial charge on any atom is 0.225 e. The van der Waals surface area contributed by atoms with Crippen molar-refractivity contribution in [1.82, 2.24) is 15.3 Å². The molecule has 1 aliphatic rings. The van der Waals surface area contributed by atoms with Gasteiger partial charge in [-0.05, 0) is 25.0 Å². The molecule has 1 aromatic heterocycles. The highest BCUT2D eigenvalue weighted by atomic mass is 16.5. The maximum absolute atomic E-state index is 12.1. The Morgan fingerprint density at radius 1 is 1.28 bits per heavy atom. The zero-order chi connectivity index (χ0) is 17.5. The summed E-state index contributed by atoms with van der Waals surface area (Å²) in [5.41, 5.74) is 3.22. The van der Waals surface area contributed by atoms with E-state index in [0.29, 0.717) is 32.1 Å². The Morgan fingerprint density at radius 3 is 2.92 bits per heavy atom. The first-order valence-electron chi connectivity index (χ1n) is 8.67. The molecule has 2 heterocycles. The number of morpholine rings is 1. The van der Waals surface area contributed by atoms with Crippen LogP contribution in [0.5, 0.6) is 0 Å². The number of nitrogens with one attached hydrogen (secondary N) is 1. The van der Waals surface area contributed by atoms with Crippen molar-refractivity contribution in [3.8, 4) is 0 Å². The number of hydrogen-bond donors (Lipinski definition) is 1. The molecule has 0 unspecified atom stereocenters. The summed E-state index contributed by atoms with van der Waals surface area (Å²) in [6.07, 6.45) is 2.97. The van der Waals surface area contributed by atoms with Crippen LogP contribution in [-0.2, 0) is 22.5 Å². The van der Waals surface area contributed by atoms with Crippen LogP contribution in [0, 0.1) is 6.92 Å². The Bertz CT molecular complexity index is 714. The summed E-state index contributed by atoms with van der Waals surface area (Å²) >= 11 is 0. The van der Waals surface area contributed by atoms with Gasteiger partial charge in [-0.2, -0.15) is 0 Å². The average molecular weight is 340 g/mol. The van der Waals surface area contributed by atoms with Crippen LogP contribution in [0.4, 0.5) is 5.95 Å². The van der Waals surface area contributed by atoms with Gasteiger partial charge in [-0.3, -0.25) is 4.79 Å². The van der Waals surface area contributed by atoms with Crippen LogP contribution in [0.25, 0.3) is 0 Å². The molecule has 1 amide bonds. The van der Waals surface area contributed by atoms with Gasteiger partial charge in [0.2, 0.25) is 11.9 Å². The van der Waals surface area contributed by atoms with Crippen molar-refractivity contribution in [2.24, 2.45) is 0 Å². The normalized spacial score (nSPS) is 14.4. The smallest absolute Gasteiger partial charge is 0.225 e. The minimum absolute atomic E-state index is 0.0352. The van der Waals surface area contributed by atoms with E-state index < -0.39 is 0 Å². The molecule has 132 valence electrons. The Kier molecular flexibility index (Phi) is 5.95. The van der Waals surface area contributed by atoms with Crippen molar-refractivity contribution in [3.63, 3.8) is 0 Å². The number of nitrogens with zero attached hydrogens (tertiary/aromatic N) is 3. The van der Waals surface area contributed by atoms with E-state index in [1.807, 2.05) is 12.1 Å². The number of aromatic nitrogens is 2. The molecule has 1 saturated heterocycles. The largest absolute Gasteiger partial charge is 0.378 e. The Labute approximate surface area is 148 Å². The molecule has 0 atom stereocenters. The van der Waals surface area contributed by atoms with Gasteiger partial charge in [0.25, 0.3) is 0 Å².